The second-order valence-electron chi connectivity index (χ2n) is 10.1. The van der Waals surface area contributed by atoms with Gasteiger partial charge in [0.05, 0.1) is 25.9 Å². The van der Waals surface area contributed by atoms with E-state index in [-0.39, 0.29) is 22.6 Å². The first kappa shape index (κ1) is 30.8. The molecule has 0 spiro atoms. The van der Waals surface area contributed by atoms with Crippen molar-refractivity contribution in [2.45, 2.75) is 49.1 Å². The lowest BCUT2D eigenvalue weighted by atomic mass is 10.1. The Kier molecular flexibility index (Phi) is 7.62. The molecule has 0 aliphatic carbocycles. The van der Waals surface area contributed by atoms with Crippen LogP contribution in [0.3, 0.4) is 0 Å². The summed E-state index contributed by atoms with van der Waals surface area (Å²) in [4.78, 5) is 51.9. The molecule has 242 valence electrons. The Morgan fingerprint density at radius 3 is 2.58 bits per heavy atom. The summed E-state index contributed by atoms with van der Waals surface area (Å²) >= 11 is 5.10. The number of rotatable bonds is 2. The van der Waals surface area contributed by atoms with Crippen LogP contribution in [0.4, 0.5) is 14.6 Å². The molecule has 4 aromatic rings. The number of alkyl halides is 1. The van der Waals surface area contributed by atoms with Gasteiger partial charge in [0, 0.05) is 6.20 Å². The van der Waals surface area contributed by atoms with E-state index in [1.807, 2.05) is 0 Å². The Hall–Kier alpha value is -2.85. The average molecular weight is 694 g/mol. The Labute approximate surface area is 253 Å². The number of nitrogens with two attached hydrogens (primary N) is 1. The van der Waals surface area contributed by atoms with Crippen molar-refractivity contribution in [2.75, 3.05) is 18.9 Å². The number of anilines is 1. The number of aromatic amines is 1. The Morgan fingerprint density at radius 1 is 1.02 bits per heavy atom. The molecule has 2 bridgehead atoms. The number of aliphatic hydroxyl groups is 1. The molecule has 10 atom stereocenters. The Morgan fingerprint density at radius 2 is 1.78 bits per heavy atom. The largest absolute Gasteiger partial charge is 0.472 e. The molecule has 0 amide bonds. The van der Waals surface area contributed by atoms with Crippen LogP contribution in [-0.2, 0) is 43.9 Å². The molecule has 4 aromatic heterocycles. The van der Waals surface area contributed by atoms with Crippen molar-refractivity contribution in [3.05, 3.63) is 41.3 Å². The summed E-state index contributed by atoms with van der Waals surface area (Å²) in [6.07, 6.45) is -9.21. The highest BCUT2D eigenvalue weighted by Gasteiger charge is 2.54. The number of H-pyrrole nitrogens is 1. The number of fused-ring (bicyclic) bond motifs is 5. The van der Waals surface area contributed by atoms with E-state index >= 15 is 4.39 Å². The van der Waals surface area contributed by atoms with Gasteiger partial charge in [-0.1, -0.05) is 0 Å². The summed E-state index contributed by atoms with van der Waals surface area (Å²) in [5, 5.41) is 10.6. The number of nitrogens with one attached hydrogen (secondary N) is 1. The van der Waals surface area contributed by atoms with Crippen LogP contribution in [0.1, 0.15) is 12.5 Å². The van der Waals surface area contributed by atoms with Crippen molar-refractivity contribution < 1.29 is 55.8 Å². The monoisotopic (exact) mass is 694 g/mol. The minimum atomic E-state index is -5.15. The number of phosphoric acid groups is 1. The maximum absolute atomic E-state index is 16.0. The fraction of sp³-hybridized carbons (Fsp3) is 0.476. The van der Waals surface area contributed by atoms with Crippen LogP contribution in [0.15, 0.2) is 30.0 Å². The van der Waals surface area contributed by atoms with Gasteiger partial charge in [-0.15, -0.1) is 0 Å². The molecule has 6 N–H and O–H groups in total. The first-order chi connectivity index (χ1) is 21.3. The lowest BCUT2D eigenvalue weighted by molar-refractivity contribution is -0.0642. The fourth-order valence-corrected chi connectivity index (χ4v) is 7.74. The number of hydrogen-bond donors (Lipinski definition) is 5. The highest BCUT2D eigenvalue weighted by atomic mass is 32.5. The average Bonchev–Trinajstić information content (AvgIpc) is 3.71. The number of phosphoric ester groups is 1. The van der Waals surface area contributed by atoms with E-state index in [1.54, 1.807) is 0 Å². The molecule has 4 unspecified atom stereocenters. The molecule has 19 nitrogen and oxygen atoms in total. The van der Waals surface area contributed by atoms with Crippen LogP contribution >= 0.6 is 14.5 Å². The smallest absolute Gasteiger partial charge is 0.387 e. The van der Waals surface area contributed by atoms with Crippen molar-refractivity contribution in [3.8, 4) is 0 Å². The van der Waals surface area contributed by atoms with Gasteiger partial charge in [0.2, 0.25) is 0 Å². The molecule has 0 aromatic carbocycles. The zero-order valence-electron chi connectivity index (χ0n) is 22.3. The molecular formula is C21H22F2N8O11P2S. The Bertz CT molecular complexity index is 1950. The molecule has 45 heavy (non-hydrogen) atoms. The number of imidazole rings is 1. The molecule has 24 heteroatoms. The molecule has 3 fully saturated rings. The minimum absolute atomic E-state index is 0.0162. The van der Waals surface area contributed by atoms with Gasteiger partial charge in [0.1, 0.15) is 47.8 Å². The predicted octanol–water partition coefficient (Wildman–Crippen LogP) is -0.0860. The second-order valence-corrected chi connectivity index (χ2v) is 14.3. The number of nitrogens with zero attached hydrogens (tertiary/aromatic N) is 6. The zero-order chi connectivity index (χ0) is 31.8. The summed E-state index contributed by atoms with van der Waals surface area (Å²) in [5.41, 5.74) is 5.00. The first-order valence-electron chi connectivity index (χ1n) is 12.9. The molecule has 7 rings (SSSR count). The number of hydrogen-bond acceptors (Lipinski definition) is 15. The van der Waals surface area contributed by atoms with Gasteiger partial charge >= 0.3 is 14.5 Å². The standard InChI is InChI=1S/C21H22F2N8O11P2S/c22-7-1-30(17-10(7)19(33)28-5-26-17)21-15-13(32)8(39-21)2-38-44(36,45)42-14-9(3-37-43(34,35)41-15)40-20(11(14)23)31-6-29-12-16(24)25-4-27-18(12)31/h1,4-6,8-9,11,13-15,20-21,32H,2-3H2,(H,34,35)(H,36,45)(H2,24,25,27)(H,26,28,33)/t8-,9-,11+,13?,14?,15+,20-,21-,44?/m1/s1. The van der Waals surface area contributed by atoms with Crippen molar-refractivity contribution in [1.82, 2.24) is 34.1 Å². The van der Waals surface area contributed by atoms with Crippen LogP contribution in [-0.4, -0.2) is 98.9 Å². The van der Waals surface area contributed by atoms with Crippen LogP contribution in [0.2, 0.25) is 0 Å². The molecule has 3 aliphatic heterocycles. The quantitative estimate of drug-likeness (QED) is 0.172. The Balaban J connectivity index is 1.21. The van der Waals surface area contributed by atoms with Crippen molar-refractivity contribution >= 4 is 54.4 Å². The van der Waals surface area contributed by atoms with E-state index in [1.165, 1.54) is 10.9 Å². The number of ether oxygens (including phenoxy) is 2. The predicted molar refractivity (Wildman–Crippen MR) is 147 cm³/mol. The number of aliphatic hydroxyl groups excluding tert-OH is 1. The number of halogens is 2. The van der Waals surface area contributed by atoms with E-state index in [4.69, 9.17) is 45.1 Å². The molecule has 3 saturated heterocycles. The van der Waals surface area contributed by atoms with Gasteiger partial charge < -0.3 is 44.2 Å². The van der Waals surface area contributed by atoms with Gasteiger partial charge in [-0.25, -0.2) is 33.3 Å². The maximum atomic E-state index is 16.0. The topological polar surface area (TPSA) is 253 Å². The maximum Gasteiger partial charge on any atom is 0.472 e. The van der Waals surface area contributed by atoms with Crippen molar-refractivity contribution in [3.63, 3.8) is 0 Å². The third-order valence-electron chi connectivity index (χ3n) is 7.40. The third kappa shape index (κ3) is 5.39. The van der Waals surface area contributed by atoms with Crippen LogP contribution < -0.4 is 11.3 Å². The van der Waals surface area contributed by atoms with E-state index in [0.717, 1.165) is 23.4 Å². The van der Waals surface area contributed by atoms with Crippen LogP contribution in [0.5, 0.6) is 0 Å². The van der Waals surface area contributed by atoms with Gasteiger partial charge in [0.25, 0.3) is 5.56 Å². The summed E-state index contributed by atoms with van der Waals surface area (Å²) in [7, 11) is -5.15. The minimum Gasteiger partial charge on any atom is -0.387 e. The number of nitrogen functional groups attached to an aromatic ring is 1. The summed E-state index contributed by atoms with van der Waals surface area (Å²) < 4.78 is 78.8. The van der Waals surface area contributed by atoms with Gasteiger partial charge in [-0.05, 0) is 11.8 Å². The fourth-order valence-electron chi connectivity index (χ4n) is 5.37. The molecule has 0 saturated carbocycles. The third-order valence-corrected chi connectivity index (χ3v) is 9.94. The lowest BCUT2D eigenvalue weighted by Gasteiger charge is -2.26. The molecule has 0 radical (unpaired) electrons. The summed E-state index contributed by atoms with van der Waals surface area (Å²) in [6, 6.07) is 0. The van der Waals surface area contributed by atoms with Crippen molar-refractivity contribution in [2.24, 2.45) is 0 Å². The summed E-state index contributed by atoms with van der Waals surface area (Å²) in [5.74, 6) is -0.991. The highest BCUT2D eigenvalue weighted by molar-refractivity contribution is 8.07. The summed E-state index contributed by atoms with van der Waals surface area (Å²) in [6.45, 7) is -5.90. The van der Waals surface area contributed by atoms with Gasteiger partial charge in [-0.2, -0.15) is 0 Å². The molecule has 7 heterocycles. The normalized spacial score (nSPS) is 37.7. The molecular weight excluding hydrogens is 672 g/mol. The zero-order valence-corrected chi connectivity index (χ0v) is 24.9. The SMILES string of the molecule is Nc1ncnc2c1ncn2[C@@H]1O[C@@H]2COP(=O)(O)O[C@H]3C(O)[C@@H](COP(O)(=S)OC2[C@@H]1F)O[C@H]3n1cc(F)c2c(=O)[nH]cnc21. The van der Waals surface area contributed by atoms with Crippen LogP contribution in [0, 0.1) is 5.82 Å². The second kappa shape index (κ2) is 11.1. The van der Waals surface area contributed by atoms with Gasteiger partial charge in [0.15, 0.2) is 41.6 Å². The van der Waals surface area contributed by atoms with Gasteiger partial charge in [-0.3, -0.25) is 22.9 Å². The van der Waals surface area contributed by atoms with E-state index in [0.29, 0.717) is 0 Å². The molecule has 3 aliphatic rings. The number of aromatic nitrogens is 7. The lowest BCUT2D eigenvalue weighted by Crippen LogP contribution is -2.35. The van der Waals surface area contributed by atoms with Crippen LogP contribution in [0.25, 0.3) is 22.2 Å². The van der Waals surface area contributed by atoms with Crippen molar-refractivity contribution in [1.29, 1.82) is 0 Å². The van der Waals surface area contributed by atoms with E-state index < -0.39 is 93.7 Å². The highest BCUT2D eigenvalue weighted by Crippen LogP contribution is 2.54. The first-order valence-corrected chi connectivity index (χ1v) is 17.0. The van der Waals surface area contributed by atoms with E-state index in [2.05, 4.69) is 24.9 Å². The van der Waals surface area contributed by atoms with E-state index in [9.17, 15) is 28.6 Å².